The van der Waals surface area contributed by atoms with E-state index >= 15 is 0 Å². The van der Waals surface area contributed by atoms with Gasteiger partial charge in [0.05, 0.1) is 35.1 Å². The van der Waals surface area contributed by atoms with Gasteiger partial charge in [0, 0.05) is 5.39 Å². The van der Waals surface area contributed by atoms with E-state index in [-0.39, 0.29) is 12.2 Å². The molecule has 0 saturated heterocycles. The summed E-state index contributed by atoms with van der Waals surface area (Å²) in [5.41, 5.74) is 3.70. The van der Waals surface area contributed by atoms with Crippen LogP contribution in [0.15, 0.2) is 81.7 Å². The number of rotatable bonds is 7. The average molecular weight is 541 g/mol. The normalized spacial score (nSPS) is 15.4. The predicted octanol–water partition coefficient (Wildman–Crippen LogP) is 5.47. The van der Waals surface area contributed by atoms with E-state index in [9.17, 15) is 9.59 Å². The zero-order valence-electron chi connectivity index (χ0n) is 22.9. The van der Waals surface area contributed by atoms with Crippen LogP contribution in [0.5, 0.6) is 5.75 Å². The second-order valence-corrected chi connectivity index (χ2v) is 10.8. The van der Waals surface area contributed by atoms with Gasteiger partial charge in [-0.15, -0.1) is 0 Å². The van der Waals surface area contributed by atoms with Gasteiger partial charge in [-0.2, -0.15) is 0 Å². The number of carbonyl (C=O) groups excluding carboxylic acids is 1. The molecular formula is C32H32N2O4S. The van der Waals surface area contributed by atoms with Crippen molar-refractivity contribution in [2.24, 2.45) is 4.99 Å². The molecule has 1 aliphatic rings. The van der Waals surface area contributed by atoms with E-state index in [1.54, 1.807) is 18.4 Å². The van der Waals surface area contributed by atoms with Crippen molar-refractivity contribution in [1.82, 2.24) is 4.57 Å². The fourth-order valence-electron chi connectivity index (χ4n) is 5.01. The van der Waals surface area contributed by atoms with E-state index in [2.05, 4.69) is 26.0 Å². The van der Waals surface area contributed by atoms with Crippen LogP contribution in [0.25, 0.3) is 16.8 Å². The fourth-order valence-corrected chi connectivity index (χ4v) is 6.05. The number of carbonyl (C=O) groups is 1. The molecule has 0 aliphatic carbocycles. The SMILES string of the molecule is CCOC(=O)C1=C(C)N=c2sc(=Cc3ccc(OCC)c4ccccc34)c(=O)n2C1c1ccc(C(C)C)cc1. The van der Waals surface area contributed by atoms with Crippen molar-refractivity contribution in [2.45, 2.75) is 46.6 Å². The molecule has 0 saturated carbocycles. The van der Waals surface area contributed by atoms with Gasteiger partial charge >= 0.3 is 5.97 Å². The number of fused-ring (bicyclic) bond motifs is 2. The monoisotopic (exact) mass is 540 g/mol. The molecular weight excluding hydrogens is 508 g/mol. The molecule has 0 radical (unpaired) electrons. The van der Waals surface area contributed by atoms with Crippen LogP contribution in [0, 0.1) is 0 Å². The molecule has 39 heavy (non-hydrogen) atoms. The summed E-state index contributed by atoms with van der Waals surface area (Å²) >= 11 is 1.33. The van der Waals surface area contributed by atoms with Gasteiger partial charge in [0.25, 0.3) is 5.56 Å². The number of allylic oxidation sites excluding steroid dienone is 1. The molecule has 6 nitrogen and oxygen atoms in total. The van der Waals surface area contributed by atoms with Crippen LogP contribution < -0.4 is 19.6 Å². The molecule has 7 heteroatoms. The second-order valence-electron chi connectivity index (χ2n) is 9.76. The Morgan fingerprint density at radius 1 is 1.03 bits per heavy atom. The van der Waals surface area contributed by atoms with Crippen LogP contribution in [-0.2, 0) is 9.53 Å². The first-order valence-electron chi connectivity index (χ1n) is 13.3. The van der Waals surface area contributed by atoms with Gasteiger partial charge in [0.1, 0.15) is 5.75 Å². The number of aromatic nitrogens is 1. The van der Waals surface area contributed by atoms with E-state index in [0.29, 0.717) is 33.1 Å². The Morgan fingerprint density at radius 3 is 2.41 bits per heavy atom. The Bertz CT molecular complexity index is 1760. The molecule has 0 bridgehead atoms. The molecule has 200 valence electrons. The maximum Gasteiger partial charge on any atom is 0.338 e. The molecule has 1 aromatic heterocycles. The molecule has 5 rings (SSSR count). The maximum atomic E-state index is 14.0. The van der Waals surface area contributed by atoms with Crippen LogP contribution in [0.2, 0.25) is 0 Å². The van der Waals surface area contributed by atoms with Crippen LogP contribution in [0.1, 0.15) is 63.3 Å². The summed E-state index contributed by atoms with van der Waals surface area (Å²) < 4.78 is 13.4. The third-order valence-corrected chi connectivity index (χ3v) is 7.92. The number of hydrogen-bond acceptors (Lipinski definition) is 6. The van der Waals surface area contributed by atoms with Gasteiger partial charge < -0.3 is 9.47 Å². The molecule has 1 unspecified atom stereocenters. The maximum absolute atomic E-state index is 14.0. The first kappa shape index (κ1) is 26.6. The van der Waals surface area contributed by atoms with Crippen molar-refractivity contribution in [3.63, 3.8) is 0 Å². The summed E-state index contributed by atoms with van der Waals surface area (Å²) in [5.74, 6) is 0.724. The van der Waals surface area contributed by atoms with Gasteiger partial charge in [0.2, 0.25) is 0 Å². The fraction of sp³-hybridized carbons (Fsp3) is 0.281. The smallest absolute Gasteiger partial charge is 0.338 e. The third kappa shape index (κ3) is 4.94. The largest absolute Gasteiger partial charge is 0.493 e. The average Bonchev–Trinajstić information content (AvgIpc) is 3.23. The van der Waals surface area contributed by atoms with Crippen molar-refractivity contribution in [3.8, 4) is 5.75 Å². The third-order valence-electron chi connectivity index (χ3n) is 6.94. The second kappa shape index (κ2) is 11.0. The number of ether oxygens (including phenoxy) is 2. The Labute approximate surface area is 231 Å². The summed E-state index contributed by atoms with van der Waals surface area (Å²) in [6.45, 7) is 10.6. The minimum Gasteiger partial charge on any atom is -0.493 e. The Balaban J connectivity index is 1.71. The molecule has 2 heterocycles. The van der Waals surface area contributed by atoms with Crippen molar-refractivity contribution in [1.29, 1.82) is 0 Å². The molecule has 0 spiro atoms. The lowest BCUT2D eigenvalue weighted by atomic mass is 9.93. The van der Waals surface area contributed by atoms with Gasteiger partial charge in [0.15, 0.2) is 4.80 Å². The number of esters is 1. The minimum atomic E-state index is -0.624. The molecule has 0 N–H and O–H groups in total. The Morgan fingerprint density at radius 2 is 1.74 bits per heavy atom. The van der Waals surface area contributed by atoms with Gasteiger partial charge in [-0.05, 0) is 60.9 Å². The van der Waals surface area contributed by atoms with E-state index < -0.39 is 12.0 Å². The molecule has 4 aromatic rings. The van der Waals surface area contributed by atoms with E-state index in [4.69, 9.17) is 14.5 Å². The summed E-state index contributed by atoms with van der Waals surface area (Å²) in [6, 6.07) is 19.4. The van der Waals surface area contributed by atoms with Crippen LogP contribution in [-0.4, -0.2) is 23.8 Å². The molecule has 3 aromatic carbocycles. The van der Waals surface area contributed by atoms with Crippen molar-refractivity contribution >= 4 is 34.2 Å². The first-order valence-corrected chi connectivity index (χ1v) is 14.1. The van der Waals surface area contributed by atoms with Gasteiger partial charge in [-0.3, -0.25) is 9.36 Å². The van der Waals surface area contributed by atoms with Gasteiger partial charge in [-0.25, -0.2) is 9.79 Å². The highest BCUT2D eigenvalue weighted by Gasteiger charge is 2.33. The molecule has 0 amide bonds. The number of hydrogen-bond donors (Lipinski definition) is 0. The summed E-state index contributed by atoms with van der Waals surface area (Å²) in [7, 11) is 0. The highest BCUT2D eigenvalue weighted by Crippen LogP contribution is 2.32. The highest BCUT2D eigenvalue weighted by molar-refractivity contribution is 7.07. The molecule has 0 fully saturated rings. The predicted molar refractivity (Wildman–Crippen MR) is 156 cm³/mol. The Hall–Kier alpha value is -3.97. The first-order chi connectivity index (χ1) is 18.8. The topological polar surface area (TPSA) is 69.9 Å². The standard InChI is InChI=1S/C32H32N2O4S/c1-6-37-26-17-16-23(24-10-8-9-11-25(24)26)18-27-30(35)34-29(22-14-12-21(13-15-22)19(3)4)28(31(36)38-7-2)20(5)33-32(34)39-27/h8-19,29H,6-7H2,1-5H3. The number of nitrogens with zero attached hydrogens (tertiary/aromatic N) is 2. The van der Waals surface area contributed by atoms with Crippen molar-refractivity contribution < 1.29 is 14.3 Å². The summed E-state index contributed by atoms with van der Waals surface area (Å²) in [5, 5.41) is 1.99. The van der Waals surface area contributed by atoms with Gasteiger partial charge in [-0.1, -0.05) is 79.8 Å². The van der Waals surface area contributed by atoms with E-state index in [1.807, 2.05) is 61.5 Å². The summed E-state index contributed by atoms with van der Waals surface area (Å²) in [6.07, 6.45) is 1.91. The zero-order valence-corrected chi connectivity index (χ0v) is 23.7. The van der Waals surface area contributed by atoms with E-state index in [1.165, 1.54) is 16.9 Å². The zero-order chi connectivity index (χ0) is 27.7. The Kier molecular flexibility index (Phi) is 7.53. The number of thiazole rings is 1. The van der Waals surface area contributed by atoms with Crippen LogP contribution in [0.3, 0.4) is 0 Å². The lowest BCUT2D eigenvalue weighted by Gasteiger charge is -2.25. The lowest BCUT2D eigenvalue weighted by Crippen LogP contribution is -2.39. The van der Waals surface area contributed by atoms with Crippen LogP contribution in [0.4, 0.5) is 0 Å². The quantitative estimate of drug-likeness (QED) is 0.292. The van der Waals surface area contributed by atoms with Crippen LogP contribution >= 0.6 is 11.3 Å². The van der Waals surface area contributed by atoms with Crippen molar-refractivity contribution in [2.75, 3.05) is 13.2 Å². The number of benzene rings is 3. The van der Waals surface area contributed by atoms with Crippen molar-refractivity contribution in [3.05, 3.63) is 108 Å². The lowest BCUT2D eigenvalue weighted by molar-refractivity contribution is -0.139. The highest BCUT2D eigenvalue weighted by atomic mass is 32.1. The molecule has 1 atom stereocenters. The van der Waals surface area contributed by atoms with E-state index in [0.717, 1.165) is 27.6 Å². The minimum absolute atomic E-state index is 0.191. The summed E-state index contributed by atoms with van der Waals surface area (Å²) in [4.78, 5) is 32.4. The molecule has 1 aliphatic heterocycles.